The number of hydrogen-bond acceptors (Lipinski definition) is 4. The van der Waals surface area contributed by atoms with Gasteiger partial charge in [0.05, 0.1) is 32.1 Å². The number of rotatable bonds is 9. The Morgan fingerprint density at radius 1 is 1.35 bits per heavy atom. The van der Waals surface area contributed by atoms with E-state index in [0.29, 0.717) is 13.2 Å². The van der Waals surface area contributed by atoms with Gasteiger partial charge in [0.2, 0.25) is 0 Å². The number of nitrogens with zero attached hydrogens (tertiary/aromatic N) is 4. The molecule has 2 N–H and O–H groups in total. The Labute approximate surface area is 155 Å². The third-order valence-corrected chi connectivity index (χ3v) is 3.75. The zero-order valence-corrected chi connectivity index (χ0v) is 15.8. The van der Waals surface area contributed by atoms with E-state index in [0.717, 1.165) is 23.6 Å². The highest BCUT2D eigenvalue weighted by atomic mass is 16.5. The van der Waals surface area contributed by atoms with Gasteiger partial charge in [0.15, 0.2) is 5.96 Å². The molecule has 7 nitrogen and oxygen atoms in total. The van der Waals surface area contributed by atoms with Gasteiger partial charge in [0, 0.05) is 38.9 Å². The van der Waals surface area contributed by atoms with E-state index in [1.54, 1.807) is 4.68 Å². The third kappa shape index (κ3) is 6.85. The van der Waals surface area contributed by atoms with Crippen LogP contribution in [0.3, 0.4) is 0 Å². The molecule has 2 rings (SSSR count). The maximum absolute atomic E-state index is 10.1. The van der Waals surface area contributed by atoms with E-state index in [1.165, 1.54) is 0 Å². The zero-order chi connectivity index (χ0) is 18.8. The highest BCUT2D eigenvalue weighted by Crippen LogP contribution is 2.03. The minimum Gasteiger partial charge on any atom is -0.389 e. The quantitative estimate of drug-likeness (QED) is 0.523. The molecule has 1 unspecified atom stereocenters. The molecule has 0 saturated carbocycles. The number of hydrogen-bond donors (Lipinski definition) is 2. The van der Waals surface area contributed by atoms with E-state index < -0.39 is 6.10 Å². The lowest BCUT2D eigenvalue weighted by molar-refractivity contribution is 0.0330. The molecule has 1 aromatic carbocycles. The van der Waals surface area contributed by atoms with Gasteiger partial charge in [-0.2, -0.15) is 5.10 Å². The summed E-state index contributed by atoms with van der Waals surface area (Å²) in [5, 5.41) is 17.6. The molecule has 142 valence electrons. The number of aliphatic hydroxyl groups excluding tert-OH is 1. The van der Waals surface area contributed by atoms with Gasteiger partial charge in [0.25, 0.3) is 0 Å². The van der Waals surface area contributed by atoms with Crippen molar-refractivity contribution in [1.29, 1.82) is 0 Å². The minimum atomic E-state index is -0.640. The largest absolute Gasteiger partial charge is 0.389 e. The van der Waals surface area contributed by atoms with Gasteiger partial charge >= 0.3 is 0 Å². The average molecular weight is 359 g/mol. The van der Waals surface area contributed by atoms with Crippen molar-refractivity contribution >= 4 is 5.96 Å². The average Bonchev–Trinajstić information content (AvgIpc) is 3.04. The van der Waals surface area contributed by atoms with E-state index in [4.69, 9.17) is 4.74 Å². The van der Waals surface area contributed by atoms with Crippen LogP contribution in [0.5, 0.6) is 0 Å². The Kier molecular flexibility index (Phi) is 8.11. The van der Waals surface area contributed by atoms with Crippen molar-refractivity contribution in [3.8, 4) is 0 Å². The van der Waals surface area contributed by atoms with Crippen molar-refractivity contribution in [2.24, 2.45) is 12.0 Å². The highest BCUT2D eigenvalue weighted by Gasteiger charge is 2.10. The van der Waals surface area contributed by atoms with E-state index in [9.17, 15) is 5.11 Å². The first-order valence-electron chi connectivity index (χ1n) is 8.85. The van der Waals surface area contributed by atoms with Crippen molar-refractivity contribution < 1.29 is 9.84 Å². The van der Waals surface area contributed by atoms with E-state index in [-0.39, 0.29) is 13.2 Å². The summed E-state index contributed by atoms with van der Waals surface area (Å²) in [4.78, 5) is 6.53. The van der Waals surface area contributed by atoms with Crippen LogP contribution in [0.15, 0.2) is 47.7 Å². The molecule has 0 bridgehead atoms. The fourth-order valence-electron chi connectivity index (χ4n) is 2.50. The molecule has 7 heteroatoms. The molecule has 0 spiro atoms. The molecule has 0 amide bonds. The van der Waals surface area contributed by atoms with Crippen LogP contribution < -0.4 is 5.32 Å². The monoisotopic (exact) mass is 359 g/mol. The molecule has 1 aromatic heterocycles. The number of aromatic nitrogens is 2. The molecule has 1 heterocycles. The van der Waals surface area contributed by atoms with Crippen LogP contribution in [0.4, 0.5) is 0 Å². The molecule has 0 saturated heterocycles. The molecule has 0 fully saturated rings. The third-order valence-electron chi connectivity index (χ3n) is 3.75. The summed E-state index contributed by atoms with van der Waals surface area (Å²) < 4.78 is 7.35. The summed E-state index contributed by atoms with van der Waals surface area (Å²) >= 11 is 0. The summed E-state index contributed by atoms with van der Waals surface area (Å²) in [7, 11) is 3.86. The minimum absolute atomic E-state index is 0.254. The number of benzene rings is 1. The van der Waals surface area contributed by atoms with Crippen molar-refractivity contribution in [3.63, 3.8) is 0 Å². The van der Waals surface area contributed by atoms with E-state index in [1.807, 2.05) is 68.6 Å². The molecule has 0 aliphatic rings. The molecular weight excluding hydrogens is 330 g/mol. The fourth-order valence-corrected chi connectivity index (χ4v) is 2.50. The van der Waals surface area contributed by atoms with Gasteiger partial charge in [-0.1, -0.05) is 30.3 Å². The molecule has 0 aliphatic carbocycles. The predicted octanol–water partition coefficient (Wildman–Crippen LogP) is 1.40. The van der Waals surface area contributed by atoms with Crippen LogP contribution in [-0.2, 0) is 24.9 Å². The zero-order valence-electron chi connectivity index (χ0n) is 15.8. The van der Waals surface area contributed by atoms with Crippen LogP contribution in [-0.4, -0.2) is 58.6 Å². The lowest BCUT2D eigenvalue weighted by Gasteiger charge is -2.22. The van der Waals surface area contributed by atoms with Gasteiger partial charge in [0.1, 0.15) is 0 Å². The van der Waals surface area contributed by atoms with Gasteiger partial charge in [-0.3, -0.25) is 9.67 Å². The molecule has 1 atom stereocenters. The number of guanidine groups is 1. The van der Waals surface area contributed by atoms with Gasteiger partial charge in [-0.05, 0) is 12.5 Å². The van der Waals surface area contributed by atoms with E-state index in [2.05, 4.69) is 15.4 Å². The molecule has 26 heavy (non-hydrogen) atoms. The first-order chi connectivity index (χ1) is 12.6. The van der Waals surface area contributed by atoms with Crippen LogP contribution in [0.1, 0.15) is 18.1 Å². The number of aryl methyl sites for hydroxylation is 1. The number of aliphatic imine (C=N–C) groups is 1. The summed E-state index contributed by atoms with van der Waals surface area (Å²) in [5.41, 5.74) is 2.19. The van der Waals surface area contributed by atoms with Gasteiger partial charge in [-0.15, -0.1) is 0 Å². The van der Waals surface area contributed by atoms with Crippen LogP contribution in [0.2, 0.25) is 0 Å². The summed E-state index contributed by atoms with van der Waals surface area (Å²) in [6.07, 6.45) is 3.18. The molecule has 2 aromatic rings. The molecule has 0 aliphatic heterocycles. The van der Waals surface area contributed by atoms with Gasteiger partial charge in [-0.25, -0.2) is 0 Å². The lowest BCUT2D eigenvalue weighted by Crippen LogP contribution is -2.39. The van der Waals surface area contributed by atoms with Crippen LogP contribution in [0, 0.1) is 0 Å². The Bertz CT molecular complexity index is 672. The van der Waals surface area contributed by atoms with Crippen molar-refractivity contribution in [1.82, 2.24) is 20.0 Å². The second-order valence-electron chi connectivity index (χ2n) is 6.23. The van der Waals surface area contributed by atoms with Gasteiger partial charge < -0.3 is 20.1 Å². The number of nitrogens with one attached hydrogen (secondary N) is 1. The maximum atomic E-state index is 10.1. The fraction of sp³-hybridized carbons (Fsp3) is 0.474. The standard InChI is InChI=1S/C19H29N5O2/c1-4-20-19(23(2)12-17-10-22-24(3)13-17)21-11-18(25)15-26-14-16-8-6-5-7-9-16/h5-10,13,18,25H,4,11-12,14-15H2,1-3H3,(H,20,21). The summed E-state index contributed by atoms with van der Waals surface area (Å²) in [5.74, 6) is 0.749. The van der Waals surface area contributed by atoms with Crippen molar-refractivity contribution in [2.45, 2.75) is 26.2 Å². The predicted molar refractivity (Wildman–Crippen MR) is 103 cm³/mol. The second-order valence-corrected chi connectivity index (χ2v) is 6.23. The Balaban J connectivity index is 1.80. The highest BCUT2D eigenvalue weighted by molar-refractivity contribution is 5.79. The maximum Gasteiger partial charge on any atom is 0.194 e. The summed E-state index contributed by atoms with van der Waals surface area (Å²) in [6, 6.07) is 9.92. The van der Waals surface area contributed by atoms with Crippen LogP contribution in [0.25, 0.3) is 0 Å². The summed E-state index contributed by atoms with van der Waals surface area (Å²) in [6.45, 7) is 4.51. The molecule has 0 radical (unpaired) electrons. The smallest absolute Gasteiger partial charge is 0.194 e. The van der Waals surface area contributed by atoms with Crippen LogP contribution >= 0.6 is 0 Å². The Morgan fingerprint density at radius 3 is 2.77 bits per heavy atom. The Hall–Kier alpha value is -2.38. The van der Waals surface area contributed by atoms with Crippen molar-refractivity contribution in [3.05, 3.63) is 53.9 Å². The van der Waals surface area contributed by atoms with E-state index >= 15 is 0 Å². The topological polar surface area (TPSA) is 74.9 Å². The normalized spacial score (nSPS) is 12.8. The SMILES string of the molecule is CCNC(=NCC(O)COCc1ccccc1)N(C)Cc1cnn(C)c1. The number of ether oxygens (including phenoxy) is 1. The molecular formula is C19H29N5O2. The second kappa shape index (κ2) is 10.6. The van der Waals surface area contributed by atoms with Crippen molar-refractivity contribution in [2.75, 3.05) is 26.7 Å². The first-order valence-corrected chi connectivity index (χ1v) is 8.85. The lowest BCUT2D eigenvalue weighted by atomic mass is 10.2. The Morgan fingerprint density at radius 2 is 2.12 bits per heavy atom. The number of aliphatic hydroxyl groups is 1. The first kappa shape index (κ1) is 19.9.